The molecule has 0 saturated carbocycles. The van der Waals surface area contributed by atoms with E-state index in [1.54, 1.807) is 11.3 Å². The van der Waals surface area contributed by atoms with Gasteiger partial charge in [0.05, 0.1) is 11.6 Å². The van der Waals surface area contributed by atoms with Crippen molar-refractivity contribution in [3.8, 4) is 0 Å². The van der Waals surface area contributed by atoms with Crippen LogP contribution in [0, 0.1) is 6.92 Å². The maximum atomic E-state index is 12.3. The molecule has 1 atom stereocenters. The van der Waals surface area contributed by atoms with Crippen LogP contribution in [-0.2, 0) is 6.42 Å². The van der Waals surface area contributed by atoms with Crippen molar-refractivity contribution in [1.29, 1.82) is 0 Å². The molecule has 4 nitrogen and oxygen atoms in total. The molecule has 0 bridgehead atoms. The highest BCUT2D eigenvalue weighted by Crippen LogP contribution is 2.24. The molecule has 6 heteroatoms. The number of aromatic nitrogens is 2. The summed E-state index contributed by atoms with van der Waals surface area (Å²) in [6.45, 7) is 5.67. The lowest BCUT2D eigenvalue weighted by molar-refractivity contribution is 0.580. The number of nitrogens with zero attached hydrogens (tertiary/aromatic N) is 1. The second-order valence-electron chi connectivity index (χ2n) is 4.38. The van der Waals surface area contributed by atoms with Crippen molar-refractivity contribution in [1.82, 2.24) is 9.55 Å². The minimum Gasteiger partial charge on any atom is -0.297 e. The summed E-state index contributed by atoms with van der Waals surface area (Å²) in [6, 6.07) is 3.63. The van der Waals surface area contributed by atoms with E-state index in [2.05, 4.69) is 4.98 Å². The first-order valence-electron chi connectivity index (χ1n) is 6.05. The second kappa shape index (κ2) is 5.35. The summed E-state index contributed by atoms with van der Waals surface area (Å²) < 4.78 is 1.23. The van der Waals surface area contributed by atoms with Crippen LogP contribution >= 0.6 is 22.9 Å². The Morgan fingerprint density at radius 3 is 2.63 bits per heavy atom. The number of hydrogen-bond donors (Lipinski definition) is 1. The van der Waals surface area contributed by atoms with Crippen molar-refractivity contribution >= 4 is 22.9 Å². The summed E-state index contributed by atoms with van der Waals surface area (Å²) in [5, 5.41) is 0.142. The average Bonchev–Trinajstić information content (AvgIpc) is 2.75. The molecule has 0 spiro atoms. The first-order chi connectivity index (χ1) is 8.95. The number of aromatic amines is 1. The lowest BCUT2D eigenvalue weighted by Crippen LogP contribution is -2.39. The monoisotopic (exact) mass is 298 g/mol. The van der Waals surface area contributed by atoms with Crippen molar-refractivity contribution in [2.24, 2.45) is 0 Å². The van der Waals surface area contributed by atoms with E-state index in [9.17, 15) is 9.59 Å². The van der Waals surface area contributed by atoms with Crippen LogP contribution in [0.3, 0.4) is 0 Å². The molecule has 0 aliphatic heterocycles. The molecule has 2 aromatic heterocycles. The highest BCUT2D eigenvalue weighted by molar-refractivity contribution is 7.12. The Kier molecular flexibility index (Phi) is 3.96. The van der Waals surface area contributed by atoms with Gasteiger partial charge >= 0.3 is 5.69 Å². The Bertz CT molecular complexity index is 714. The maximum absolute atomic E-state index is 12.3. The largest absolute Gasteiger partial charge is 0.330 e. The van der Waals surface area contributed by atoms with Crippen LogP contribution in [0.5, 0.6) is 0 Å². The molecule has 0 aromatic carbocycles. The molecule has 0 aliphatic rings. The molecule has 0 amide bonds. The molecule has 1 N–H and O–H groups in total. The van der Waals surface area contributed by atoms with Gasteiger partial charge < -0.3 is 0 Å². The highest BCUT2D eigenvalue weighted by atomic mass is 35.5. The Balaban J connectivity index is 2.63. The van der Waals surface area contributed by atoms with Gasteiger partial charge in [-0.2, -0.15) is 0 Å². The average molecular weight is 299 g/mol. The van der Waals surface area contributed by atoms with Gasteiger partial charge in [-0.1, -0.05) is 18.5 Å². The zero-order valence-electron chi connectivity index (χ0n) is 11.0. The van der Waals surface area contributed by atoms with Crippen molar-refractivity contribution in [2.75, 3.05) is 0 Å². The van der Waals surface area contributed by atoms with E-state index in [1.807, 2.05) is 32.9 Å². The topological polar surface area (TPSA) is 54.9 Å². The third-order valence-electron chi connectivity index (χ3n) is 3.09. The van der Waals surface area contributed by atoms with Crippen LogP contribution in [0.2, 0.25) is 5.15 Å². The van der Waals surface area contributed by atoms with Gasteiger partial charge in [0.1, 0.15) is 5.15 Å². The maximum Gasteiger partial charge on any atom is 0.330 e. The van der Waals surface area contributed by atoms with Crippen LogP contribution in [0.4, 0.5) is 0 Å². The van der Waals surface area contributed by atoms with Crippen molar-refractivity contribution in [3.05, 3.63) is 53.4 Å². The Labute approximate surface area is 119 Å². The molecule has 102 valence electrons. The third-order valence-corrected chi connectivity index (χ3v) is 4.58. The molecule has 2 heterocycles. The number of aryl methyl sites for hydroxylation is 1. The van der Waals surface area contributed by atoms with Gasteiger partial charge in [-0.05, 0) is 32.4 Å². The standard InChI is InChI=1S/C13H15ClN2O2S/c1-4-9-11(14)15-13(18)16(12(9)17)8(3)10-6-5-7(2)19-10/h5-6,8H,4H2,1-3H3,(H,15,18). The van der Waals surface area contributed by atoms with E-state index >= 15 is 0 Å². The molecular formula is C13H15ClN2O2S. The molecule has 2 aromatic rings. The van der Waals surface area contributed by atoms with Crippen LogP contribution in [0.15, 0.2) is 21.7 Å². The highest BCUT2D eigenvalue weighted by Gasteiger charge is 2.18. The summed E-state index contributed by atoms with van der Waals surface area (Å²) in [4.78, 5) is 29.0. The summed E-state index contributed by atoms with van der Waals surface area (Å²) in [5.41, 5.74) is -0.332. The van der Waals surface area contributed by atoms with E-state index < -0.39 is 5.69 Å². The van der Waals surface area contributed by atoms with Crippen LogP contribution in [0.25, 0.3) is 0 Å². The molecule has 19 heavy (non-hydrogen) atoms. The van der Waals surface area contributed by atoms with Crippen LogP contribution in [-0.4, -0.2) is 9.55 Å². The molecular weight excluding hydrogens is 284 g/mol. The second-order valence-corrected chi connectivity index (χ2v) is 6.07. The van der Waals surface area contributed by atoms with E-state index in [0.29, 0.717) is 12.0 Å². The number of thiophene rings is 1. The lowest BCUT2D eigenvalue weighted by atomic mass is 10.2. The van der Waals surface area contributed by atoms with Gasteiger partial charge in [0.25, 0.3) is 5.56 Å². The molecule has 0 fully saturated rings. The molecule has 0 saturated heterocycles. The first kappa shape index (κ1) is 14.1. The normalized spacial score (nSPS) is 12.6. The third kappa shape index (κ3) is 2.53. The summed E-state index contributed by atoms with van der Waals surface area (Å²) in [6.07, 6.45) is 0.491. The van der Waals surface area contributed by atoms with Gasteiger partial charge in [-0.3, -0.25) is 14.3 Å². The number of halogens is 1. The Hall–Kier alpha value is -1.33. The predicted octanol–water partition coefficient (Wildman–Crippen LogP) is 2.73. The quantitative estimate of drug-likeness (QED) is 0.886. The van der Waals surface area contributed by atoms with E-state index in [0.717, 1.165) is 9.75 Å². The van der Waals surface area contributed by atoms with E-state index in [4.69, 9.17) is 11.6 Å². The van der Waals surface area contributed by atoms with E-state index in [1.165, 1.54) is 4.57 Å². The first-order valence-corrected chi connectivity index (χ1v) is 7.24. The molecule has 2 rings (SSSR count). The van der Waals surface area contributed by atoms with Gasteiger partial charge in [0, 0.05) is 9.75 Å². The fourth-order valence-corrected chi connectivity index (χ4v) is 3.24. The van der Waals surface area contributed by atoms with Crippen LogP contribution in [0.1, 0.15) is 35.2 Å². The minimum atomic E-state index is -0.467. The number of hydrogen-bond acceptors (Lipinski definition) is 3. The zero-order chi connectivity index (χ0) is 14.2. The van der Waals surface area contributed by atoms with Gasteiger partial charge in [0.2, 0.25) is 0 Å². The SMILES string of the molecule is CCc1c(Cl)[nH]c(=O)n(C(C)c2ccc(C)s2)c1=O. The summed E-state index contributed by atoms with van der Waals surface area (Å²) >= 11 is 7.48. The van der Waals surface area contributed by atoms with Crippen molar-refractivity contribution in [3.63, 3.8) is 0 Å². The summed E-state index contributed by atoms with van der Waals surface area (Å²) in [5.74, 6) is 0. The molecule has 0 aliphatic carbocycles. The Morgan fingerprint density at radius 2 is 2.11 bits per heavy atom. The Morgan fingerprint density at radius 1 is 1.42 bits per heavy atom. The summed E-state index contributed by atoms with van der Waals surface area (Å²) in [7, 11) is 0. The smallest absolute Gasteiger partial charge is 0.297 e. The minimum absolute atomic E-state index is 0.142. The van der Waals surface area contributed by atoms with Gasteiger partial charge in [0.15, 0.2) is 0 Å². The lowest BCUT2D eigenvalue weighted by Gasteiger charge is -2.14. The van der Waals surface area contributed by atoms with Crippen molar-refractivity contribution < 1.29 is 0 Å². The number of rotatable bonds is 3. The van der Waals surface area contributed by atoms with Gasteiger partial charge in [-0.25, -0.2) is 4.79 Å². The van der Waals surface area contributed by atoms with Crippen molar-refractivity contribution in [2.45, 2.75) is 33.2 Å². The van der Waals surface area contributed by atoms with E-state index in [-0.39, 0.29) is 16.8 Å². The fraction of sp³-hybridized carbons (Fsp3) is 0.385. The number of H-pyrrole nitrogens is 1. The van der Waals surface area contributed by atoms with Gasteiger partial charge in [-0.15, -0.1) is 11.3 Å². The fourth-order valence-electron chi connectivity index (χ4n) is 2.02. The molecule has 0 radical (unpaired) electrons. The molecule has 1 unspecified atom stereocenters. The number of nitrogens with one attached hydrogen (secondary N) is 1. The zero-order valence-corrected chi connectivity index (χ0v) is 12.6. The predicted molar refractivity (Wildman–Crippen MR) is 78.6 cm³/mol. The van der Waals surface area contributed by atoms with Crippen LogP contribution < -0.4 is 11.2 Å².